The third-order valence-corrected chi connectivity index (χ3v) is 12.8. The molecule has 0 bridgehead atoms. The molecule has 0 spiro atoms. The van der Waals surface area contributed by atoms with E-state index < -0.39 is 0 Å². The second kappa shape index (κ2) is 13.2. The lowest BCUT2D eigenvalue weighted by Crippen LogP contribution is -2.15. The van der Waals surface area contributed by atoms with Crippen molar-refractivity contribution in [3.8, 4) is 39.1 Å². The minimum Gasteiger partial charge on any atom is -0.456 e. The van der Waals surface area contributed by atoms with Gasteiger partial charge in [0.1, 0.15) is 11.2 Å². The van der Waals surface area contributed by atoms with Crippen LogP contribution in [-0.2, 0) is 5.41 Å². The SMILES string of the molecule is CC1(C)c2ccccc2-c2c(-c3ccccc3N(c3ccc4c5ccccc5n(-c5ccccc5)c4c3)c3ccccc3-c3ccc4c(c3)oc3ccccc34)cccc21. The molecule has 11 aromatic rings. The molecule has 1 aliphatic rings. The number of rotatable bonds is 6. The van der Waals surface area contributed by atoms with E-state index in [9.17, 15) is 0 Å². The van der Waals surface area contributed by atoms with Gasteiger partial charge in [0.05, 0.1) is 22.4 Å². The first-order chi connectivity index (χ1) is 29.5. The van der Waals surface area contributed by atoms with Gasteiger partial charge in [-0.05, 0) is 94.0 Å². The lowest BCUT2D eigenvalue weighted by atomic mass is 9.82. The first-order valence-electron chi connectivity index (χ1n) is 20.8. The molecule has 0 N–H and O–H groups in total. The lowest BCUT2D eigenvalue weighted by Gasteiger charge is -2.30. The van der Waals surface area contributed by atoms with E-state index in [0.29, 0.717) is 0 Å². The Morgan fingerprint density at radius 2 is 1.02 bits per heavy atom. The van der Waals surface area contributed by atoms with Crippen molar-refractivity contribution in [2.24, 2.45) is 0 Å². The number of furan rings is 1. The van der Waals surface area contributed by atoms with Crippen LogP contribution in [0.3, 0.4) is 0 Å². The van der Waals surface area contributed by atoms with Crippen molar-refractivity contribution < 1.29 is 4.42 Å². The molecule has 0 unspecified atom stereocenters. The van der Waals surface area contributed by atoms with Crippen molar-refractivity contribution in [2.45, 2.75) is 19.3 Å². The van der Waals surface area contributed by atoms with Crippen LogP contribution in [0.2, 0.25) is 0 Å². The Morgan fingerprint density at radius 3 is 1.87 bits per heavy atom. The zero-order valence-corrected chi connectivity index (χ0v) is 33.4. The predicted octanol–water partition coefficient (Wildman–Crippen LogP) is 15.8. The van der Waals surface area contributed by atoms with E-state index in [1.807, 2.05) is 12.1 Å². The summed E-state index contributed by atoms with van der Waals surface area (Å²) >= 11 is 0. The number of para-hydroxylation sites is 5. The second-order valence-corrected chi connectivity index (χ2v) is 16.5. The van der Waals surface area contributed by atoms with Gasteiger partial charge in [0.15, 0.2) is 0 Å². The maximum atomic E-state index is 6.47. The van der Waals surface area contributed by atoms with Crippen LogP contribution in [0.4, 0.5) is 17.1 Å². The Hall–Kier alpha value is -7.62. The zero-order valence-electron chi connectivity index (χ0n) is 33.4. The van der Waals surface area contributed by atoms with E-state index in [0.717, 1.165) is 61.3 Å². The Morgan fingerprint density at radius 1 is 0.417 bits per heavy atom. The molecule has 0 atom stereocenters. The third kappa shape index (κ3) is 5.09. The van der Waals surface area contributed by atoms with Crippen LogP contribution in [0.1, 0.15) is 25.0 Å². The fourth-order valence-electron chi connectivity index (χ4n) is 10.0. The van der Waals surface area contributed by atoms with E-state index in [-0.39, 0.29) is 5.41 Å². The summed E-state index contributed by atoms with van der Waals surface area (Å²) in [5.74, 6) is 0. The van der Waals surface area contributed by atoms with Crippen molar-refractivity contribution >= 4 is 60.8 Å². The number of benzene rings is 9. The van der Waals surface area contributed by atoms with E-state index in [1.54, 1.807) is 0 Å². The number of hydrogen-bond donors (Lipinski definition) is 0. The number of aromatic nitrogens is 1. The quantitative estimate of drug-likeness (QED) is 0.168. The average molecular weight is 769 g/mol. The van der Waals surface area contributed by atoms with E-state index >= 15 is 0 Å². The second-order valence-electron chi connectivity index (χ2n) is 16.5. The molecule has 9 aromatic carbocycles. The van der Waals surface area contributed by atoms with Crippen molar-refractivity contribution in [3.05, 3.63) is 217 Å². The largest absolute Gasteiger partial charge is 0.456 e. The smallest absolute Gasteiger partial charge is 0.136 e. The summed E-state index contributed by atoms with van der Waals surface area (Å²) in [6.45, 7) is 4.71. The molecule has 0 fully saturated rings. The molecule has 0 saturated heterocycles. The monoisotopic (exact) mass is 768 g/mol. The van der Waals surface area contributed by atoms with Gasteiger partial charge in [0.2, 0.25) is 0 Å². The summed E-state index contributed by atoms with van der Waals surface area (Å²) in [5, 5.41) is 4.70. The van der Waals surface area contributed by atoms with Crippen LogP contribution < -0.4 is 4.90 Å². The molecule has 2 heterocycles. The molecular formula is C57H40N2O. The summed E-state index contributed by atoms with van der Waals surface area (Å²) in [6.07, 6.45) is 0. The third-order valence-electron chi connectivity index (χ3n) is 12.8. The molecule has 0 aliphatic heterocycles. The molecule has 284 valence electrons. The van der Waals surface area contributed by atoms with Gasteiger partial charge < -0.3 is 13.9 Å². The lowest BCUT2D eigenvalue weighted by molar-refractivity contribution is 0.660. The van der Waals surface area contributed by atoms with Crippen LogP contribution in [0, 0.1) is 0 Å². The maximum Gasteiger partial charge on any atom is 0.136 e. The molecule has 0 amide bonds. The van der Waals surface area contributed by atoms with Gasteiger partial charge in [-0.1, -0.05) is 159 Å². The molecule has 0 saturated carbocycles. The molecule has 3 nitrogen and oxygen atoms in total. The molecular weight excluding hydrogens is 729 g/mol. The zero-order chi connectivity index (χ0) is 40.0. The van der Waals surface area contributed by atoms with Crippen LogP contribution in [-0.4, -0.2) is 4.57 Å². The first-order valence-corrected chi connectivity index (χ1v) is 20.8. The van der Waals surface area contributed by atoms with Crippen LogP contribution >= 0.6 is 0 Å². The van der Waals surface area contributed by atoms with Crippen molar-refractivity contribution in [2.75, 3.05) is 4.90 Å². The Bertz CT molecular complexity index is 3480. The van der Waals surface area contributed by atoms with Gasteiger partial charge in [-0.2, -0.15) is 0 Å². The van der Waals surface area contributed by atoms with E-state index in [2.05, 4.69) is 217 Å². The summed E-state index contributed by atoms with van der Waals surface area (Å²) in [6, 6.07) is 75.0. The normalized spacial score (nSPS) is 13.0. The van der Waals surface area contributed by atoms with Crippen LogP contribution in [0.5, 0.6) is 0 Å². The Kier molecular flexibility index (Phi) is 7.58. The highest BCUT2D eigenvalue weighted by Crippen LogP contribution is 2.54. The van der Waals surface area contributed by atoms with Gasteiger partial charge >= 0.3 is 0 Å². The molecule has 1 aliphatic carbocycles. The predicted molar refractivity (Wildman–Crippen MR) is 251 cm³/mol. The van der Waals surface area contributed by atoms with E-state index in [1.165, 1.54) is 49.7 Å². The summed E-state index contributed by atoms with van der Waals surface area (Å²) < 4.78 is 8.87. The maximum absolute atomic E-state index is 6.47. The van der Waals surface area contributed by atoms with Gasteiger partial charge in [0.25, 0.3) is 0 Å². The number of hydrogen-bond acceptors (Lipinski definition) is 2. The van der Waals surface area contributed by atoms with Crippen molar-refractivity contribution in [1.82, 2.24) is 4.57 Å². The average Bonchev–Trinajstić information content (AvgIpc) is 3.92. The fraction of sp³-hybridized carbons (Fsp3) is 0.0526. The Labute approximate surface area is 349 Å². The van der Waals surface area contributed by atoms with Gasteiger partial charge in [0, 0.05) is 49.5 Å². The topological polar surface area (TPSA) is 21.3 Å². The fourth-order valence-corrected chi connectivity index (χ4v) is 10.0. The van der Waals surface area contributed by atoms with Gasteiger partial charge in [-0.25, -0.2) is 0 Å². The molecule has 2 aromatic heterocycles. The first kappa shape index (κ1) is 34.4. The highest BCUT2D eigenvalue weighted by atomic mass is 16.3. The highest BCUT2D eigenvalue weighted by Gasteiger charge is 2.37. The number of fused-ring (bicyclic) bond motifs is 9. The Balaban J connectivity index is 1.14. The highest BCUT2D eigenvalue weighted by molar-refractivity contribution is 6.11. The summed E-state index contributed by atoms with van der Waals surface area (Å²) in [5.41, 5.74) is 18.3. The molecule has 12 rings (SSSR count). The van der Waals surface area contributed by atoms with Crippen molar-refractivity contribution in [3.63, 3.8) is 0 Å². The number of nitrogens with zero attached hydrogens (tertiary/aromatic N) is 2. The molecule has 0 radical (unpaired) electrons. The molecule has 60 heavy (non-hydrogen) atoms. The summed E-state index contributed by atoms with van der Waals surface area (Å²) in [7, 11) is 0. The minimum absolute atomic E-state index is 0.117. The minimum atomic E-state index is -0.117. The molecule has 3 heteroatoms. The number of anilines is 3. The standard InChI is InChI=1S/C57H40N2O/c1-57(2)48-25-11-6-23-47(48)56-46(24-16-26-49(56)57)42-21-9-14-29-52(42)59(39-32-34-43-41-20-8-13-28-51(41)58(53(43)36-39)38-17-4-3-5-18-38)50-27-12-7-19-40(50)37-31-33-45-44-22-10-15-30-54(44)60-55(45)35-37/h3-36H,1-2H3. The van der Waals surface area contributed by atoms with Crippen LogP contribution in [0.25, 0.3) is 82.8 Å². The van der Waals surface area contributed by atoms with E-state index in [4.69, 9.17) is 4.42 Å². The van der Waals surface area contributed by atoms with Gasteiger partial charge in [-0.15, -0.1) is 0 Å². The summed E-state index contributed by atoms with van der Waals surface area (Å²) in [4.78, 5) is 2.48. The van der Waals surface area contributed by atoms with Crippen molar-refractivity contribution in [1.29, 1.82) is 0 Å². The van der Waals surface area contributed by atoms with Gasteiger partial charge in [-0.3, -0.25) is 0 Å². The van der Waals surface area contributed by atoms with Crippen LogP contribution in [0.15, 0.2) is 211 Å².